The molecule has 2 aromatic carbocycles. The van der Waals surface area contributed by atoms with Crippen molar-refractivity contribution >= 4 is 17.5 Å². The smallest absolute Gasteiger partial charge is 0.259 e. The van der Waals surface area contributed by atoms with Crippen LogP contribution in [0.4, 0.5) is 5.69 Å². The molecule has 0 saturated carbocycles. The van der Waals surface area contributed by atoms with Crippen LogP contribution in [0, 0.1) is 0 Å². The number of amides is 2. The first kappa shape index (κ1) is 20.4. The van der Waals surface area contributed by atoms with Crippen molar-refractivity contribution in [1.82, 2.24) is 10.2 Å². The zero-order chi connectivity index (χ0) is 20.9. The van der Waals surface area contributed by atoms with Crippen molar-refractivity contribution in [2.24, 2.45) is 0 Å². The zero-order valence-electron chi connectivity index (χ0n) is 17.2. The summed E-state index contributed by atoms with van der Waals surface area (Å²) in [4.78, 5) is 30.0. The van der Waals surface area contributed by atoms with Crippen molar-refractivity contribution in [3.8, 4) is 5.75 Å². The fourth-order valence-electron chi connectivity index (χ4n) is 3.96. The summed E-state index contributed by atoms with van der Waals surface area (Å²) < 4.78 is 10.6. The minimum Gasteiger partial charge on any atom is -0.497 e. The molecule has 7 nitrogen and oxygen atoms in total. The van der Waals surface area contributed by atoms with Crippen LogP contribution in [0.15, 0.2) is 42.5 Å². The van der Waals surface area contributed by atoms with Gasteiger partial charge in [0.15, 0.2) is 0 Å². The van der Waals surface area contributed by atoms with E-state index in [2.05, 4.69) is 10.2 Å². The van der Waals surface area contributed by atoms with Crippen molar-refractivity contribution in [1.29, 1.82) is 0 Å². The van der Waals surface area contributed by atoms with Gasteiger partial charge in [0.1, 0.15) is 5.75 Å². The fourth-order valence-corrected chi connectivity index (χ4v) is 3.96. The molecule has 2 aliphatic heterocycles. The molecular weight excluding hydrogens is 382 g/mol. The Hall–Kier alpha value is -2.90. The number of methoxy groups -OCH3 is 1. The van der Waals surface area contributed by atoms with Crippen molar-refractivity contribution < 1.29 is 19.1 Å². The molecule has 0 bridgehead atoms. The normalized spacial score (nSPS) is 16.4. The summed E-state index contributed by atoms with van der Waals surface area (Å²) in [6.45, 7) is 5.37. The lowest BCUT2D eigenvalue weighted by atomic mass is 10.0. The standard InChI is InChI=1S/C23H27N3O4/c1-29-19-7-3-6-18(15-19)26-16-17-5-2-8-20(21(17)23(26)28)22(27)24-9-4-10-25-11-13-30-14-12-25/h2-3,5-8,15H,4,9-14,16H2,1H3,(H,24,27). The highest BCUT2D eigenvalue weighted by Crippen LogP contribution is 2.32. The molecule has 4 rings (SSSR count). The molecule has 7 heteroatoms. The van der Waals surface area contributed by atoms with E-state index in [4.69, 9.17) is 9.47 Å². The van der Waals surface area contributed by atoms with E-state index in [1.165, 1.54) is 0 Å². The molecule has 2 heterocycles. The second-order valence-electron chi connectivity index (χ2n) is 7.50. The van der Waals surface area contributed by atoms with Gasteiger partial charge in [0.2, 0.25) is 0 Å². The highest BCUT2D eigenvalue weighted by atomic mass is 16.5. The maximum Gasteiger partial charge on any atom is 0.259 e. The van der Waals surface area contributed by atoms with Crippen molar-refractivity contribution in [3.05, 3.63) is 59.2 Å². The van der Waals surface area contributed by atoms with Crippen LogP contribution in [0.25, 0.3) is 0 Å². The fraction of sp³-hybridized carbons (Fsp3) is 0.391. The molecule has 1 N–H and O–H groups in total. The van der Waals surface area contributed by atoms with E-state index in [0.29, 0.717) is 30.0 Å². The largest absolute Gasteiger partial charge is 0.497 e. The van der Waals surface area contributed by atoms with Gasteiger partial charge in [0, 0.05) is 31.4 Å². The van der Waals surface area contributed by atoms with E-state index in [-0.39, 0.29) is 11.8 Å². The molecule has 0 radical (unpaired) electrons. The van der Waals surface area contributed by atoms with Crippen molar-refractivity contribution in [2.75, 3.05) is 51.4 Å². The van der Waals surface area contributed by atoms with Gasteiger partial charge in [0.25, 0.3) is 11.8 Å². The van der Waals surface area contributed by atoms with Crippen LogP contribution in [-0.2, 0) is 11.3 Å². The molecule has 0 spiro atoms. The number of carbonyl (C=O) groups is 2. The number of rotatable bonds is 7. The monoisotopic (exact) mass is 409 g/mol. The maximum absolute atomic E-state index is 13.1. The Morgan fingerprint density at radius 3 is 2.77 bits per heavy atom. The third kappa shape index (κ3) is 4.32. The molecule has 0 aromatic heterocycles. The molecule has 0 aliphatic carbocycles. The predicted molar refractivity (Wildman–Crippen MR) is 114 cm³/mol. The first-order valence-corrected chi connectivity index (χ1v) is 10.3. The average molecular weight is 409 g/mol. The number of fused-ring (bicyclic) bond motifs is 1. The number of nitrogens with one attached hydrogen (secondary N) is 1. The van der Waals surface area contributed by atoms with E-state index < -0.39 is 0 Å². The first-order valence-electron chi connectivity index (χ1n) is 10.3. The van der Waals surface area contributed by atoms with Gasteiger partial charge in [-0.1, -0.05) is 18.2 Å². The number of ether oxygens (including phenoxy) is 2. The molecule has 0 unspecified atom stereocenters. The first-order chi connectivity index (χ1) is 14.7. The summed E-state index contributed by atoms with van der Waals surface area (Å²) in [5.74, 6) is 0.335. The maximum atomic E-state index is 13.1. The van der Waals surface area contributed by atoms with E-state index in [0.717, 1.165) is 50.5 Å². The average Bonchev–Trinajstić information content (AvgIpc) is 3.14. The summed E-state index contributed by atoms with van der Waals surface area (Å²) >= 11 is 0. The summed E-state index contributed by atoms with van der Waals surface area (Å²) in [6.07, 6.45) is 0.866. The molecule has 2 amide bonds. The van der Waals surface area contributed by atoms with E-state index in [1.807, 2.05) is 36.4 Å². The summed E-state index contributed by atoms with van der Waals surface area (Å²) in [5, 5.41) is 2.97. The molecule has 2 aliphatic rings. The van der Waals surface area contributed by atoms with Gasteiger partial charge in [-0.05, 0) is 36.7 Å². The third-order valence-corrected chi connectivity index (χ3v) is 5.59. The van der Waals surface area contributed by atoms with Crippen LogP contribution in [0.1, 0.15) is 32.7 Å². The lowest BCUT2D eigenvalue weighted by Crippen LogP contribution is -2.38. The molecule has 1 saturated heterocycles. The third-order valence-electron chi connectivity index (χ3n) is 5.59. The summed E-state index contributed by atoms with van der Waals surface area (Å²) in [6, 6.07) is 12.9. The Morgan fingerprint density at radius 1 is 1.17 bits per heavy atom. The van der Waals surface area contributed by atoms with Crippen molar-refractivity contribution in [3.63, 3.8) is 0 Å². The highest BCUT2D eigenvalue weighted by molar-refractivity contribution is 6.16. The van der Waals surface area contributed by atoms with Gasteiger partial charge < -0.3 is 19.7 Å². The number of morpholine rings is 1. The van der Waals surface area contributed by atoms with Crippen LogP contribution in [-0.4, -0.2) is 63.2 Å². The van der Waals surface area contributed by atoms with Gasteiger partial charge in [-0.15, -0.1) is 0 Å². The second kappa shape index (κ2) is 9.28. The number of hydrogen-bond acceptors (Lipinski definition) is 5. The highest BCUT2D eigenvalue weighted by Gasteiger charge is 2.32. The van der Waals surface area contributed by atoms with Crippen LogP contribution in [0.3, 0.4) is 0 Å². The van der Waals surface area contributed by atoms with E-state index in [9.17, 15) is 9.59 Å². The Morgan fingerprint density at radius 2 is 1.97 bits per heavy atom. The molecule has 158 valence electrons. The molecule has 0 atom stereocenters. The topological polar surface area (TPSA) is 71.1 Å². The number of nitrogens with zero attached hydrogens (tertiary/aromatic N) is 2. The van der Waals surface area contributed by atoms with E-state index in [1.54, 1.807) is 18.1 Å². The molecular formula is C23H27N3O4. The Bertz CT molecular complexity index is 924. The Balaban J connectivity index is 1.41. The summed E-state index contributed by atoms with van der Waals surface area (Å²) in [7, 11) is 1.60. The Labute approximate surface area is 176 Å². The van der Waals surface area contributed by atoms with Gasteiger partial charge in [-0.2, -0.15) is 0 Å². The molecule has 30 heavy (non-hydrogen) atoms. The van der Waals surface area contributed by atoms with Gasteiger partial charge >= 0.3 is 0 Å². The van der Waals surface area contributed by atoms with Gasteiger partial charge in [-0.3, -0.25) is 14.5 Å². The SMILES string of the molecule is COc1cccc(N2Cc3cccc(C(=O)NCCCN4CCOCC4)c3C2=O)c1. The number of carbonyl (C=O) groups excluding carboxylic acids is 2. The zero-order valence-corrected chi connectivity index (χ0v) is 17.2. The van der Waals surface area contributed by atoms with Crippen LogP contribution >= 0.6 is 0 Å². The van der Waals surface area contributed by atoms with Crippen LogP contribution in [0.2, 0.25) is 0 Å². The van der Waals surface area contributed by atoms with Crippen LogP contribution < -0.4 is 15.0 Å². The Kier molecular flexibility index (Phi) is 6.30. The lowest BCUT2D eigenvalue weighted by Gasteiger charge is -2.26. The number of hydrogen-bond donors (Lipinski definition) is 1. The number of anilines is 1. The second-order valence-corrected chi connectivity index (χ2v) is 7.50. The van der Waals surface area contributed by atoms with Gasteiger partial charge in [0.05, 0.1) is 38.0 Å². The minimum atomic E-state index is -0.199. The van der Waals surface area contributed by atoms with Crippen LogP contribution in [0.5, 0.6) is 5.75 Å². The number of benzene rings is 2. The van der Waals surface area contributed by atoms with E-state index >= 15 is 0 Å². The minimum absolute atomic E-state index is 0.155. The van der Waals surface area contributed by atoms with Gasteiger partial charge in [-0.25, -0.2) is 0 Å². The quantitative estimate of drug-likeness (QED) is 0.711. The molecule has 1 fully saturated rings. The summed E-state index contributed by atoms with van der Waals surface area (Å²) in [5.41, 5.74) is 2.55. The lowest BCUT2D eigenvalue weighted by molar-refractivity contribution is 0.0374. The molecule has 2 aromatic rings. The van der Waals surface area contributed by atoms with Crippen molar-refractivity contribution in [2.45, 2.75) is 13.0 Å². The predicted octanol–water partition coefficient (Wildman–Crippen LogP) is 2.31.